The Morgan fingerprint density at radius 2 is 2.18 bits per heavy atom. The maximum Gasteiger partial charge on any atom is 0.223 e. The van der Waals surface area contributed by atoms with Crippen LogP contribution in [0.1, 0.15) is 44.9 Å². The Morgan fingerprint density at radius 1 is 1.41 bits per heavy atom. The van der Waals surface area contributed by atoms with Crippen molar-refractivity contribution in [3.05, 3.63) is 23.8 Å². The van der Waals surface area contributed by atoms with Crippen LogP contribution in [0.4, 0.5) is 0 Å². The molecule has 0 saturated carbocycles. The van der Waals surface area contributed by atoms with Crippen molar-refractivity contribution in [2.24, 2.45) is 5.41 Å². The fourth-order valence-electron chi connectivity index (χ4n) is 1.92. The highest BCUT2D eigenvalue weighted by Gasteiger charge is 2.25. The van der Waals surface area contributed by atoms with Crippen molar-refractivity contribution in [1.29, 1.82) is 0 Å². The largest absolute Gasteiger partial charge is 0.332 e. The van der Waals surface area contributed by atoms with Crippen LogP contribution in [0.2, 0.25) is 0 Å². The summed E-state index contributed by atoms with van der Waals surface area (Å²) in [7, 11) is 0. The minimum Gasteiger partial charge on any atom is -0.332 e. The number of carbonyl (C=O) groups excluding carboxylic acids is 1. The third kappa shape index (κ3) is 3.02. The molecule has 0 unspecified atom stereocenters. The zero-order valence-corrected chi connectivity index (χ0v) is 10.7. The van der Waals surface area contributed by atoms with Gasteiger partial charge in [0.05, 0.1) is 12.2 Å². The van der Waals surface area contributed by atoms with E-state index in [2.05, 4.69) is 30.7 Å². The van der Waals surface area contributed by atoms with Crippen LogP contribution in [0.3, 0.4) is 0 Å². The zero-order valence-electron chi connectivity index (χ0n) is 10.7. The Bertz CT molecular complexity index is 398. The third-order valence-corrected chi connectivity index (χ3v) is 3.02. The Kier molecular flexibility index (Phi) is 3.13. The van der Waals surface area contributed by atoms with Crippen LogP contribution in [-0.2, 0) is 17.9 Å². The third-order valence-electron chi connectivity index (χ3n) is 3.02. The van der Waals surface area contributed by atoms with Crippen molar-refractivity contribution in [3.63, 3.8) is 0 Å². The van der Waals surface area contributed by atoms with Crippen LogP contribution in [-0.4, -0.2) is 20.8 Å². The van der Waals surface area contributed by atoms with Crippen LogP contribution >= 0.6 is 0 Å². The van der Waals surface area contributed by atoms with Crippen molar-refractivity contribution in [2.75, 3.05) is 0 Å². The average Bonchev–Trinajstić information content (AvgIpc) is 2.68. The molecule has 0 N–H and O–H groups in total. The van der Waals surface area contributed by atoms with Crippen LogP contribution in [0.5, 0.6) is 0 Å². The number of nitrogens with zero attached hydrogens (tertiary/aromatic N) is 3. The van der Waals surface area contributed by atoms with Crippen molar-refractivity contribution < 1.29 is 4.79 Å². The molecule has 0 atom stereocenters. The van der Waals surface area contributed by atoms with E-state index in [1.165, 1.54) is 0 Å². The molecule has 1 amide bonds. The van der Waals surface area contributed by atoms with E-state index in [1.807, 2.05) is 4.90 Å². The van der Waals surface area contributed by atoms with Gasteiger partial charge in [-0.1, -0.05) is 20.8 Å². The minimum absolute atomic E-state index is 0.210. The second-order valence-corrected chi connectivity index (χ2v) is 5.81. The van der Waals surface area contributed by atoms with E-state index < -0.39 is 0 Å². The van der Waals surface area contributed by atoms with Crippen molar-refractivity contribution in [2.45, 2.75) is 46.7 Å². The number of rotatable bonds is 2. The quantitative estimate of drug-likeness (QED) is 0.786. The van der Waals surface area contributed by atoms with E-state index in [0.29, 0.717) is 19.5 Å². The van der Waals surface area contributed by atoms with Crippen LogP contribution < -0.4 is 0 Å². The molecule has 0 radical (unpaired) electrons. The van der Waals surface area contributed by atoms with E-state index in [4.69, 9.17) is 0 Å². The predicted molar refractivity (Wildman–Crippen MR) is 65.0 cm³/mol. The second-order valence-electron chi connectivity index (χ2n) is 5.81. The van der Waals surface area contributed by atoms with E-state index in [0.717, 1.165) is 17.7 Å². The highest BCUT2D eigenvalue weighted by atomic mass is 16.2. The van der Waals surface area contributed by atoms with E-state index >= 15 is 0 Å². The molecule has 1 aromatic rings. The van der Waals surface area contributed by atoms with E-state index in [-0.39, 0.29) is 11.3 Å². The molecule has 17 heavy (non-hydrogen) atoms. The molecule has 0 fully saturated rings. The number of hydrogen-bond donors (Lipinski definition) is 0. The van der Waals surface area contributed by atoms with Gasteiger partial charge in [0, 0.05) is 24.7 Å². The van der Waals surface area contributed by atoms with E-state index in [1.54, 1.807) is 12.5 Å². The summed E-state index contributed by atoms with van der Waals surface area (Å²) in [6, 6.07) is 0. The molecule has 0 bridgehead atoms. The predicted octanol–water partition coefficient (Wildman–Crippen LogP) is 2.15. The molecule has 1 aliphatic rings. The number of hydrogen-bond acceptors (Lipinski definition) is 3. The van der Waals surface area contributed by atoms with Crippen LogP contribution in [0.25, 0.3) is 0 Å². The average molecular weight is 233 g/mol. The Morgan fingerprint density at radius 3 is 2.82 bits per heavy atom. The summed E-state index contributed by atoms with van der Waals surface area (Å²) >= 11 is 0. The summed E-state index contributed by atoms with van der Waals surface area (Å²) in [6.45, 7) is 7.78. The lowest BCUT2D eigenvalue weighted by molar-refractivity contribution is -0.132. The maximum atomic E-state index is 12.0. The van der Waals surface area contributed by atoms with Crippen LogP contribution in [0.15, 0.2) is 12.5 Å². The SMILES string of the molecule is CC(C)(C)CCC(=O)N1Cc2cncnc2C1. The molecule has 0 aliphatic carbocycles. The number of carbonyl (C=O) groups is 1. The molecule has 4 nitrogen and oxygen atoms in total. The maximum absolute atomic E-state index is 12.0. The summed E-state index contributed by atoms with van der Waals surface area (Å²) in [6.07, 6.45) is 4.89. The molecular formula is C13H19N3O. The van der Waals surface area contributed by atoms with Gasteiger partial charge in [0.2, 0.25) is 5.91 Å². The lowest BCUT2D eigenvalue weighted by Gasteiger charge is -2.20. The van der Waals surface area contributed by atoms with Gasteiger partial charge in [-0.2, -0.15) is 0 Å². The smallest absolute Gasteiger partial charge is 0.223 e. The lowest BCUT2D eigenvalue weighted by atomic mass is 9.90. The molecular weight excluding hydrogens is 214 g/mol. The molecule has 4 heteroatoms. The first-order chi connectivity index (χ1) is 7.96. The molecule has 2 heterocycles. The zero-order chi connectivity index (χ0) is 12.5. The molecule has 0 aromatic carbocycles. The Labute approximate surface area is 102 Å². The van der Waals surface area contributed by atoms with Gasteiger partial charge in [-0.05, 0) is 11.8 Å². The van der Waals surface area contributed by atoms with Gasteiger partial charge in [-0.3, -0.25) is 4.79 Å². The van der Waals surface area contributed by atoms with Gasteiger partial charge >= 0.3 is 0 Å². The monoisotopic (exact) mass is 233 g/mol. The fourth-order valence-corrected chi connectivity index (χ4v) is 1.92. The van der Waals surface area contributed by atoms with Crippen molar-refractivity contribution in [1.82, 2.24) is 14.9 Å². The molecule has 92 valence electrons. The van der Waals surface area contributed by atoms with Gasteiger partial charge < -0.3 is 4.90 Å². The Hall–Kier alpha value is -1.45. The van der Waals surface area contributed by atoms with Gasteiger partial charge in [0.25, 0.3) is 0 Å². The number of fused-ring (bicyclic) bond motifs is 1. The fraction of sp³-hybridized carbons (Fsp3) is 0.615. The number of aromatic nitrogens is 2. The summed E-state index contributed by atoms with van der Waals surface area (Å²) in [5, 5.41) is 0. The van der Waals surface area contributed by atoms with Crippen molar-refractivity contribution >= 4 is 5.91 Å². The summed E-state index contributed by atoms with van der Waals surface area (Å²) in [4.78, 5) is 22.1. The molecule has 1 aromatic heterocycles. The molecule has 1 aliphatic heterocycles. The van der Waals surface area contributed by atoms with Gasteiger partial charge in [-0.15, -0.1) is 0 Å². The standard InChI is InChI=1S/C13H19N3O/c1-13(2,3)5-4-12(17)16-7-10-6-14-9-15-11(10)8-16/h6,9H,4-5,7-8H2,1-3H3. The number of amides is 1. The normalized spacial score (nSPS) is 14.9. The highest BCUT2D eigenvalue weighted by Crippen LogP contribution is 2.24. The molecule has 0 spiro atoms. The van der Waals surface area contributed by atoms with Crippen molar-refractivity contribution in [3.8, 4) is 0 Å². The first-order valence-corrected chi connectivity index (χ1v) is 6.01. The first kappa shape index (κ1) is 12.0. The summed E-state index contributed by atoms with van der Waals surface area (Å²) < 4.78 is 0. The highest BCUT2D eigenvalue weighted by molar-refractivity contribution is 5.76. The molecule has 2 rings (SSSR count). The van der Waals surface area contributed by atoms with Gasteiger partial charge in [-0.25, -0.2) is 9.97 Å². The van der Waals surface area contributed by atoms with Gasteiger partial charge in [0.15, 0.2) is 0 Å². The summed E-state index contributed by atoms with van der Waals surface area (Å²) in [5.41, 5.74) is 2.28. The second kappa shape index (κ2) is 4.43. The first-order valence-electron chi connectivity index (χ1n) is 6.01. The molecule has 0 saturated heterocycles. The van der Waals surface area contributed by atoms with Gasteiger partial charge in [0.1, 0.15) is 6.33 Å². The minimum atomic E-state index is 0.210. The summed E-state index contributed by atoms with van der Waals surface area (Å²) in [5.74, 6) is 0.220. The lowest BCUT2D eigenvalue weighted by Crippen LogP contribution is -2.26. The topological polar surface area (TPSA) is 46.1 Å². The van der Waals surface area contributed by atoms with E-state index in [9.17, 15) is 4.79 Å². The Balaban J connectivity index is 1.92. The van der Waals surface area contributed by atoms with Crippen LogP contribution in [0, 0.1) is 5.41 Å².